The molecule has 0 atom stereocenters. The summed E-state index contributed by atoms with van der Waals surface area (Å²) in [6.45, 7) is 2.62. The summed E-state index contributed by atoms with van der Waals surface area (Å²) in [7, 11) is 0. The molecule has 0 aliphatic heterocycles. The molecule has 0 aliphatic carbocycles. The number of hydrogen-bond donors (Lipinski definition) is 1. The molecule has 4 heteroatoms. The first-order valence-electron chi connectivity index (χ1n) is 4.30. The van der Waals surface area contributed by atoms with E-state index in [2.05, 4.69) is 0 Å². The van der Waals surface area contributed by atoms with Gasteiger partial charge in [-0.2, -0.15) is 0 Å². The average Bonchev–Trinajstić information content (AvgIpc) is 2.16. The molecule has 0 fully saturated rings. The Morgan fingerprint density at radius 2 is 2.29 bits per heavy atom. The van der Waals surface area contributed by atoms with Crippen molar-refractivity contribution < 1.29 is 14.6 Å². The lowest BCUT2D eigenvalue weighted by Crippen LogP contribution is -2.01. The van der Waals surface area contributed by atoms with Crippen molar-refractivity contribution in [3.05, 3.63) is 27.3 Å². The molecular formula is C10H11IO3. The summed E-state index contributed by atoms with van der Waals surface area (Å²) in [5.41, 5.74) is 0.291. The zero-order valence-electron chi connectivity index (χ0n) is 7.79. The van der Waals surface area contributed by atoms with Crippen LogP contribution in [0.1, 0.15) is 23.7 Å². The van der Waals surface area contributed by atoms with Gasteiger partial charge in [-0.1, -0.05) is 6.92 Å². The quantitative estimate of drug-likeness (QED) is 0.870. The van der Waals surface area contributed by atoms with Crippen LogP contribution in [-0.2, 0) is 0 Å². The van der Waals surface area contributed by atoms with Crippen molar-refractivity contribution in [3.63, 3.8) is 0 Å². The van der Waals surface area contributed by atoms with Gasteiger partial charge in [0.1, 0.15) is 5.75 Å². The predicted octanol–water partition coefficient (Wildman–Crippen LogP) is 2.78. The molecule has 0 aliphatic rings. The Hall–Kier alpha value is -0.780. The first-order chi connectivity index (χ1) is 6.65. The van der Waals surface area contributed by atoms with Gasteiger partial charge < -0.3 is 9.84 Å². The second kappa shape index (κ2) is 5.19. The fraction of sp³-hybridized carbons (Fsp3) is 0.300. The number of hydrogen-bond acceptors (Lipinski definition) is 2. The van der Waals surface area contributed by atoms with Gasteiger partial charge >= 0.3 is 5.97 Å². The standard InChI is InChI=1S/C10H11IO3/c1-2-5-14-7-3-4-9(11)8(6-7)10(12)13/h3-4,6H,2,5H2,1H3,(H,12,13). The summed E-state index contributed by atoms with van der Waals surface area (Å²) in [4.78, 5) is 10.8. The van der Waals surface area contributed by atoms with Crippen LogP contribution in [0.3, 0.4) is 0 Å². The fourth-order valence-corrected chi connectivity index (χ4v) is 1.54. The number of ether oxygens (including phenoxy) is 1. The zero-order valence-corrected chi connectivity index (χ0v) is 9.95. The Bertz CT molecular complexity index is 336. The monoisotopic (exact) mass is 306 g/mol. The van der Waals surface area contributed by atoms with E-state index in [-0.39, 0.29) is 0 Å². The van der Waals surface area contributed by atoms with Crippen LogP contribution in [0.2, 0.25) is 0 Å². The van der Waals surface area contributed by atoms with Gasteiger partial charge in [0.15, 0.2) is 0 Å². The number of carboxylic acids is 1. The number of carboxylic acid groups (broad SMARTS) is 1. The van der Waals surface area contributed by atoms with Crippen molar-refractivity contribution in [1.82, 2.24) is 0 Å². The lowest BCUT2D eigenvalue weighted by atomic mass is 10.2. The van der Waals surface area contributed by atoms with E-state index >= 15 is 0 Å². The minimum absolute atomic E-state index is 0.291. The van der Waals surface area contributed by atoms with Crippen molar-refractivity contribution in [2.75, 3.05) is 6.61 Å². The zero-order chi connectivity index (χ0) is 10.6. The molecule has 1 rings (SSSR count). The van der Waals surface area contributed by atoms with Gasteiger partial charge in [-0.05, 0) is 47.2 Å². The minimum Gasteiger partial charge on any atom is -0.494 e. The van der Waals surface area contributed by atoms with Gasteiger partial charge in [0.25, 0.3) is 0 Å². The average molecular weight is 306 g/mol. The van der Waals surface area contributed by atoms with Crippen LogP contribution in [0.5, 0.6) is 5.75 Å². The van der Waals surface area contributed by atoms with Crippen molar-refractivity contribution in [2.24, 2.45) is 0 Å². The van der Waals surface area contributed by atoms with E-state index in [0.717, 1.165) is 9.99 Å². The highest BCUT2D eigenvalue weighted by Gasteiger charge is 2.08. The number of carbonyl (C=O) groups is 1. The molecule has 0 spiro atoms. The maximum Gasteiger partial charge on any atom is 0.336 e. The van der Waals surface area contributed by atoms with Gasteiger partial charge in [-0.3, -0.25) is 0 Å². The van der Waals surface area contributed by atoms with E-state index in [1.807, 2.05) is 29.5 Å². The fourth-order valence-electron chi connectivity index (χ4n) is 0.978. The summed E-state index contributed by atoms with van der Waals surface area (Å²) in [5.74, 6) is -0.305. The van der Waals surface area contributed by atoms with Crippen molar-refractivity contribution >= 4 is 28.6 Å². The molecule has 0 saturated heterocycles. The normalized spacial score (nSPS) is 9.86. The highest BCUT2D eigenvalue weighted by Crippen LogP contribution is 2.19. The molecule has 1 aromatic rings. The topological polar surface area (TPSA) is 46.5 Å². The lowest BCUT2D eigenvalue weighted by Gasteiger charge is -2.06. The second-order valence-corrected chi connectivity index (χ2v) is 3.96. The highest BCUT2D eigenvalue weighted by atomic mass is 127. The third-order valence-corrected chi connectivity index (χ3v) is 2.58. The van der Waals surface area contributed by atoms with Gasteiger partial charge in [-0.15, -0.1) is 0 Å². The third kappa shape index (κ3) is 2.87. The SMILES string of the molecule is CCCOc1ccc(I)c(C(=O)O)c1. The highest BCUT2D eigenvalue weighted by molar-refractivity contribution is 14.1. The Labute approximate surface area is 96.2 Å². The minimum atomic E-state index is -0.920. The van der Waals surface area contributed by atoms with Crippen LogP contribution < -0.4 is 4.74 Å². The maximum absolute atomic E-state index is 10.8. The third-order valence-electron chi connectivity index (χ3n) is 1.64. The summed E-state index contributed by atoms with van der Waals surface area (Å²) in [5, 5.41) is 8.86. The smallest absolute Gasteiger partial charge is 0.336 e. The number of rotatable bonds is 4. The van der Waals surface area contributed by atoms with Crippen LogP contribution in [0.25, 0.3) is 0 Å². The molecule has 0 aromatic heterocycles. The number of aromatic carboxylic acids is 1. The molecular weight excluding hydrogens is 295 g/mol. The van der Waals surface area contributed by atoms with E-state index in [0.29, 0.717) is 17.9 Å². The van der Waals surface area contributed by atoms with Gasteiger partial charge in [-0.25, -0.2) is 4.79 Å². The molecule has 76 valence electrons. The molecule has 1 aromatic carbocycles. The van der Waals surface area contributed by atoms with E-state index < -0.39 is 5.97 Å². The summed E-state index contributed by atoms with van der Waals surface area (Å²) < 4.78 is 6.06. The number of halogens is 1. The first kappa shape index (κ1) is 11.3. The van der Waals surface area contributed by atoms with Crippen molar-refractivity contribution in [2.45, 2.75) is 13.3 Å². The molecule has 0 bridgehead atoms. The molecule has 0 unspecified atom stereocenters. The van der Waals surface area contributed by atoms with E-state index in [1.54, 1.807) is 18.2 Å². The van der Waals surface area contributed by atoms with Crippen LogP contribution in [0.4, 0.5) is 0 Å². The Morgan fingerprint density at radius 3 is 2.86 bits per heavy atom. The van der Waals surface area contributed by atoms with Crippen molar-refractivity contribution in [1.29, 1.82) is 0 Å². The maximum atomic E-state index is 10.8. The lowest BCUT2D eigenvalue weighted by molar-refractivity contribution is 0.0695. The van der Waals surface area contributed by atoms with Crippen LogP contribution in [-0.4, -0.2) is 17.7 Å². The summed E-state index contributed by atoms with van der Waals surface area (Å²) in [6, 6.07) is 5.08. The van der Waals surface area contributed by atoms with Crippen LogP contribution >= 0.6 is 22.6 Å². The van der Waals surface area contributed by atoms with Crippen LogP contribution in [0.15, 0.2) is 18.2 Å². The van der Waals surface area contributed by atoms with Gasteiger partial charge in [0, 0.05) is 3.57 Å². The van der Waals surface area contributed by atoms with Crippen LogP contribution in [0, 0.1) is 3.57 Å². The summed E-state index contributed by atoms with van der Waals surface area (Å²) in [6.07, 6.45) is 0.911. The van der Waals surface area contributed by atoms with Gasteiger partial charge in [0.2, 0.25) is 0 Å². The van der Waals surface area contributed by atoms with E-state index in [4.69, 9.17) is 9.84 Å². The van der Waals surface area contributed by atoms with Crippen molar-refractivity contribution in [3.8, 4) is 5.75 Å². The van der Waals surface area contributed by atoms with E-state index in [1.165, 1.54) is 0 Å². The van der Waals surface area contributed by atoms with Gasteiger partial charge in [0.05, 0.1) is 12.2 Å². The second-order valence-electron chi connectivity index (χ2n) is 2.80. The predicted molar refractivity (Wildman–Crippen MR) is 61.9 cm³/mol. The molecule has 0 heterocycles. The first-order valence-corrected chi connectivity index (χ1v) is 5.38. The molecule has 0 amide bonds. The Morgan fingerprint density at radius 1 is 1.57 bits per heavy atom. The Balaban J connectivity index is 2.89. The molecule has 3 nitrogen and oxygen atoms in total. The molecule has 0 radical (unpaired) electrons. The molecule has 1 N–H and O–H groups in total. The van der Waals surface area contributed by atoms with E-state index in [9.17, 15) is 4.79 Å². The molecule has 14 heavy (non-hydrogen) atoms. The summed E-state index contributed by atoms with van der Waals surface area (Å²) >= 11 is 1.99. The Kier molecular flexibility index (Phi) is 4.19. The largest absolute Gasteiger partial charge is 0.494 e. The number of benzene rings is 1. The molecule has 0 saturated carbocycles.